The molecule has 0 aromatic heterocycles. The number of esters is 1. The average Bonchev–Trinajstić information content (AvgIpc) is 3.10. The van der Waals surface area contributed by atoms with Crippen molar-refractivity contribution in [2.24, 2.45) is 5.10 Å². The van der Waals surface area contributed by atoms with Gasteiger partial charge >= 0.3 is 12.0 Å². The van der Waals surface area contributed by atoms with Gasteiger partial charge in [-0.3, -0.25) is 5.43 Å². The van der Waals surface area contributed by atoms with Gasteiger partial charge in [-0.2, -0.15) is 10.4 Å². The topological polar surface area (TPSA) is 164 Å². The SMILES string of the molecule is CCOc1cc([C@H]2NC(=O)NC(C)=C2C(=O)OC)ccc1OC[C@H](O)N/N=C/c1c(OCc2ccccc2C#N)ccc2ccccc12. The van der Waals surface area contributed by atoms with Gasteiger partial charge in [-0.1, -0.05) is 54.6 Å². The lowest BCUT2D eigenvalue weighted by atomic mass is 9.95. The van der Waals surface area contributed by atoms with Crippen LogP contribution in [-0.4, -0.2) is 49.9 Å². The molecule has 0 aliphatic carbocycles. The molecule has 1 aliphatic rings. The maximum Gasteiger partial charge on any atom is 0.337 e. The molecule has 12 heteroatoms. The maximum atomic E-state index is 12.5. The van der Waals surface area contributed by atoms with Crippen molar-refractivity contribution in [3.05, 3.63) is 112 Å². The Labute approximate surface area is 277 Å². The van der Waals surface area contributed by atoms with Gasteiger partial charge in [0, 0.05) is 16.8 Å². The molecule has 0 radical (unpaired) electrons. The predicted octanol–water partition coefficient (Wildman–Crippen LogP) is 4.81. The zero-order valence-corrected chi connectivity index (χ0v) is 26.7. The second kappa shape index (κ2) is 15.5. The number of hydrogen-bond donors (Lipinski definition) is 4. The molecule has 0 saturated carbocycles. The van der Waals surface area contributed by atoms with Crippen molar-refractivity contribution in [1.29, 1.82) is 5.26 Å². The first-order chi connectivity index (χ1) is 23.3. The molecule has 246 valence electrons. The molecule has 2 amide bonds. The summed E-state index contributed by atoms with van der Waals surface area (Å²) in [6, 6.07) is 24.8. The number of hydrazone groups is 1. The molecule has 4 aromatic carbocycles. The van der Waals surface area contributed by atoms with E-state index in [2.05, 4.69) is 27.2 Å². The Morgan fingerprint density at radius 3 is 2.60 bits per heavy atom. The first kappa shape index (κ1) is 33.3. The number of aliphatic hydroxyl groups is 1. The molecule has 5 rings (SSSR count). The number of nitrogens with zero attached hydrogens (tertiary/aromatic N) is 2. The van der Waals surface area contributed by atoms with E-state index in [0.29, 0.717) is 46.2 Å². The zero-order valence-electron chi connectivity index (χ0n) is 26.7. The van der Waals surface area contributed by atoms with Gasteiger partial charge in [0.15, 0.2) is 17.7 Å². The van der Waals surface area contributed by atoms with Crippen LogP contribution in [0.2, 0.25) is 0 Å². The monoisotopic (exact) mass is 649 g/mol. The summed E-state index contributed by atoms with van der Waals surface area (Å²) in [6.45, 7) is 3.76. The van der Waals surface area contributed by atoms with Crippen LogP contribution in [0.5, 0.6) is 17.2 Å². The van der Waals surface area contributed by atoms with Crippen LogP contribution < -0.4 is 30.3 Å². The average molecular weight is 650 g/mol. The third-order valence-corrected chi connectivity index (χ3v) is 7.54. The van der Waals surface area contributed by atoms with Crippen LogP contribution in [-0.2, 0) is 16.1 Å². The molecule has 1 aliphatic heterocycles. The van der Waals surface area contributed by atoms with Gasteiger partial charge in [0.1, 0.15) is 19.0 Å². The van der Waals surface area contributed by atoms with Gasteiger partial charge in [0.05, 0.1) is 43.2 Å². The van der Waals surface area contributed by atoms with Gasteiger partial charge in [-0.15, -0.1) is 0 Å². The highest BCUT2D eigenvalue weighted by molar-refractivity contribution is 6.02. The number of allylic oxidation sites excluding steroid dienone is 1. The van der Waals surface area contributed by atoms with E-state index in [1.165, 1.54) is 7.11 Å². The third-order valence-electron chi connectivity index (χ3n) is 7.54. The van der Waals surface area contributed by atoms with Crippen LogP contribution in [0.3, 0.4) is 0 Å². The van der Waals surface area contributed by atoms with E-state index in [0.717, 1.165) is 16.3 Å². The number of nitriles is 1. The summed E-state index contributed by atoms with van der Waals surface area (Å²) >= 11 is 0. The van der Waals surface area contributed by atoms with Crippen molar-refractivity contribution < 1.29 is 33.6 Å². The molecular weight excluding hydrogens is 614 g/mol. The highest BCUT2D eigenvalue weighted by atomic mass is 16.5. The lowest BCUT2D eigenvalue weighted by Gasteiger charge is -2.28. The Kier molecular flexibility index (Phi) is 10.7. The Morgan fingerprint density at radius 1 is 1.04 bits per heavy atom. The number of carbonyl (C=O) groups is 2. The van der Waals surface area contributed by atoms with Crippen LogP contribution >= 0.6 is 0 Å². The summed E-state index contributed by atoms with van der Waals surface area (Å²) in [7, 11) is 1.27. The van der Waals surface area contributed by atoms with Crippen LogP contribution in [0.4, 0.5) is 4.79 Å². The number of carbonyl (C=O) groups excluding carboxylic acids is 2. The minimum absolute atomic E-state index is 0.183. The van der Waals surface area contributed by atoms with Crippen molar-refractivity contribution in [2.45, 2.75) is 32.7 Å². The largest absolute Gasteiger partial charge is 0.490 e. The Bertz CT molecular complexity index is 1920. The summed E-state index contributed by atoms with van der Waals surface area (Å²) in [5, 5.41) is 31.6. The lowest BCUT2D eigenvalue weighted by molar-refractivity contribution is -0.136. The number of urea groups is 1. The van der Waals surface area contributed by atoms with E-state index in [1.807, 2.05) is 55.5 Å². The molecule has 0 spiro atoms. The first-order valence-corrected chi connectivity index (χ1v) is 15.2. The molecule has 0 bridgehead atoms. The van der Waals surface area contributed by atoms with E-state index in [9.17, 15) is 20.0 Å². The fourth-order valence-corrected chi connectivity index (χ4v) is 5.26. The summed E-state index contributed by atoms with van der Waals surface area (Å²) in [6.07, 6.45) is 0.372. The second-order valence-electron chi connectivity index (χ2n) is 10.7. The molecule has 48 heavy (non-hydrogen) atoms. The van der Waals surface area contributed by atoms with Gasteiger partial charge < -0.3 is 34.7 Å². The van der Waals surface area contributed by atoms with Crippen LogP contribution in [0, 0.1) is 11.3 Å². The van der Waals surface area contributed by atoms with E-state index in [4.69, 9.17) is 18.9 Å². The second-order valence-corrected chi connectivity index (χ2v) is 10.7. The van der Waals surface area contributed by atoms with Crippen LogP contribution in [0.15, 0.2) is 95.2 Å². The fraction of sp³-hybridized carbons (Fsp3) is 0.222. The number of methoxy groups -OCH3 is 1. The van der Waals surface area contributed by atoms with Crippen LogP contribution in [0.1, 0.15) is 42.1 Å². The number of nitrogens with one attached hydrogen (secondary N) is 3. The molecule has 0 unspecified atom stereocenters. The smallest absolute Gasteiger partial charge is 0.337 e. The number of ether oxygens (including phenoxy) is 4. The summed E-state index contributed by atoms with van der Waals surface area (Å²) < 4.78 is 22.7. The third kappa shape index (κ3) is 7.66. The molecule has 0 fully saturated rings. The van der Waals surface area contributed by atoms with Crippen molar-refractivity contribution in [2.75, 3.05) is 20.3 Å². The Morgan fingerprint density at radius 2 is 1.81 bits per heavy atom. The first-order valence-electron chi connectivity index (χ1n) is 15.2. The maximum absolute atomic E-state index is 12.5. The van der Waals surface area contributed by atoms with E-state index in [1.54, 1.807) is 43.5 Å². The van der Waals surface area contributed by atoms with Gasteiger partial charge in [-0.05, 0) is 54.4 Å². The minimum Gasteiger partial charge on any atom is -0.490 e. The number of hydrogen-bond acceptors (Lipinski definition) is 10. The molecule has 1 heterocycles. The van der Waals surface area contributed by atoms with E-state index >= 15 is 0 Å². The van der Waals surface area contributed by atoms with Crippen molar-refractivity contribution in [3.8, 4) is 23.3 Å². The standard InChI is InChI=1S/C36H35N5O7/c1-4-46-31-17-24(34-33(35(43)45-3)22(2)39-36(44)40-34)14-16-30(31)48-21-32(42)41-38-19-28-27-12-8-7-9-23(27)13-15-29(28)47-20-26-11-6-5-10-25(26)18-37/h5-17,19,32,34,41-42H,4,20-21H2,1-3H3,(H2,39,40,44)/b38-19+/t32-,34+/m0/s1. The highest BCUT2D eigenvalue weighted by Gasteiger charge is 2.32. The zero-order chi connectivity index (χ0) is 34.0. The molecule has 4 N–H and O–H groups in total. The number of fused-ring (bicyclic) bond motifs is 1. The van der Waals surface area contributed by atoms with Crippen LogP contribution in [0.25, 0.3) is 10.8 Å². The highest BCUT2D eigenvalue weighted by Crippen LogP contribution is 2.35. The molecule has 4 aromatic rings. The van der Waals surface area contributed by atoms with Crippen molar-refractivity contribution >= 4 is 29.0 Å². The van der Waals surface area contributed by atoms with Gasteiger partial charge in [0.25, 0.3) is 0 Å². The Balaban J connectivity index is 1.29. The number of amides is 2. The number of aliphatic hydroxyl groups excluding tert-OH is 1. The summed E-state index contributed by atoms with van der Waals surface area (Å²) in [5.41, 5.74) is 5.90. The van der Waals surface area contributed by atoms with E-state index < -0.39 is 24.3 Å². The minimum atomic E-state index is -1.20. The number of benzene rings is 4. The van der Waals surface area contributed by atoms with Gasteiger partial charge in [0.2, 0.25) is 0 Å². The van der Waals surface area contributed by atoms with E-state index in [-0.39, 0.29) is 18.8 Å². The van der Waals surface area contributed by atoms with Gasteiger partial charge in [-0.25, -0.2) is 9.59 Å². The predicted molar refractivity (Wildman–Crippen MR) is 178 cm³/mol. The summed E-state index contributed by atoms with van der Waals surface area (Å²) in [5.74, 6) is 0.679. The Hall–Kier alpha value is -6.06. The molecule has 12 nitrogen and oxygen atoms in total. The normalized spacial score (nSPS) is 14.9. The van der Waals surface area contributed by atoms with Crippen molar-refractivity contribution in [1.82, 2.24) is 16.1 Å². The quantitative estimate of drug-likeness (QED) is 0.0689. The number of rotatable bonds is 13. The molecular formula is C36H35N5O7. The lowest BCUT2D eigenvalue weighted by Crippen LogP contribution is -2.45. The summed E-state index contributed by atoms with van der Waals surface area (Å²) in [4.78, 5) is 24.7. The fourth-order valence-electron chi connectivity index (χ4n) is 5.26. The molecule has 2 atom stereocenters. The molecule has 0 saturated heterocycles. The van der Waals surface area contributed by atoms with Crippen molar-refractivity contribution in [3.63, 3.8) is 0 Å².